The predicted molar refractivity (Wildman–Crippen MR) is 84.1 cm³/mol. The van der Waals surface area contributed by atoms with E-state index in [1.807, 2.05) is 0 Å². The van der Waals surface area contributed by atoms with E-state index in [2.05, 4.69) is 21.7 Å². The van der Waals surface area contributed by atoms with E-state index in [9.17, 15) is 0 Å². The second kappa shape index (κ2) is 8.98. The molecule has 0 saturated carbocycles. The average Bonchev–Trinajstić information content (AvgIpc) is 2.48. The number of likely N-dealkylation sites (N-methyl/N-ethyl adjacent to an activating group) is 1. The van der Waals surface area contributed by atoms with E-state index in [0.29, 0.717) is 6.61 Å². The molecule has 2 rings (SSSR count). The van der Waals surface area contributed by atoms with Gasteiger partial charge in [0.2, 0.25) is 0 Å². The second-order valence-corrected chi connectivity index (χ2v) is 6.57. The van der Waals surface area contributed by atoms with Gasteiger partial charge in [0.1, 0.15) is 0 Å². The van der Waals surface area contributed by atoms with Crippen LogP contribution in [0.1, 0.15) is 38.5 Å². The Kier molecular flexibility index (Phi) is 7.28. The van der Waals surface area contributed by atoms with Gasteiger partial charge in [-0.2, -0.15) is 0 Å². The van der Waals surface area contributed by atoms with Gasteiger partial charge < -0.3 is 14.9 Å². The Bertz CT molecular complexity index is 254. The number of hydrogen-bond donors (Lipinski definition) is 1. The molecule has 0 amide bonds. The number of unbranched alkanes of at least 4 members (excludes halogenated alkanes) is 3. The average molecular weight is 283 g/mol. The minimum atomic E-state index is 0.356. The van der Waals surface area contributed by atoms with Crippen molar-refractivity contribution in [1.29, 1.82) is 0 Å². The molecule has 4 heteroatoms. The molecule has 0 radical (unpaired) electrons. The topological polar surface area (TPSA) is 30.0 Å². The van der Waals surface area contributed by atoms with Crippen LogP contribution >= 0.6 is 0 Å². The monoisotopic (exact) mass is 283 g/mol. The summed E-state index contributed by atoms with van der Waals surface area (Å²) >= 11 is 0. The first-order chi connectivity index (χ1) is 9.79. The minimum Gasteiger partial charge on any atom is -0.396 e. The highest BCUT2D eigenvalue weighted by Gasteiger charge is 2.26. The van der Waals surface area contributed by atoms with Gasteiger partial charge in [-0.05, 0) is 45.8 Å². The highest BCUT2D eigenvalue weighted by atomic mass is 16.2. The largest absolute Gasteiger partial charge is 0.396 e. The van der Waals surface area contributed by atoms with Crippen LogP contribution < -0.4 is 0 Å². The van der Waals surface area contributed by atoms with Crippen LogP contribution in [0.2, 0.25) is 0 Å². The molecular weight excluding hydrogens is 250 g/mol. The fraction of sp³-hybridized carbons (Fsp3) is 1.00. The molecule has 1 atom stereocenters. The van der Waals surface area contributed by atoms with Crippen molar-refractivity contribution in [3.63, 3.8) is 0 Å². The van der Waals surface area contributed by atoms with Crippen LogP contribution in [0.3, 0.4) is 0 Å². The Balaban J connectivity index is 1.57. The van der Waals surface area contributed by atoms with Gasteiger partial charge in [-0.3, -0.25) is 4.90 Å². The third kappa shape index (κ3) is 5.32. The fourth-order valence-electron chi connectivity index (χ4n) is 3.59. The summed E-state index contributed by atoms with van der Waals surface area (Å²) in [7, 11) is 2.26. The number of aliphatic hydroxyl groups is 1. The Morgan fingerprint density at radius 2 is 1.70 bits per heavy atom. The van der Waals surface area contributed by atoms with Crippen molar-refractivity contribution in [2.75, 3.05) is 59.5 Å². The number of likely N-dealkylation sites (tertiary alicyclic amines) is 1. The maximum absolute atomic E-state index is 8.77. The van der Waals surface area contributed by atoms with Gasteiger partial charge in [-0.25, -0.2) is 0 Å². The van der Waals surface area contributed by atoms with Crippen molar-refractivity contribution in [2.24, 2.45) is 0 Å². The van der Waals surface area contributed by atoms with E-state index in [1.54, 1.807) is 0 Å². The lowest BCUT2D eigenvalue weighted by Crippen LogP contribution is -2.54. The minimum absolute atomic E-state index is 0.356. The lowest BCUT2D eigenvalue weighted by atomic mass is 10.0. The first-order valence-electron chi connectivity index (χ1n) is 8.55. The normalized spacial score (nSPS) is 27.0. The number of aliphatic hydroxyl groups excluding tert-OH is 1. The van der Waals surface area contributed by atoms with Gasteiger partial charge in [-0.15, -0.1) is 0 Å². The van der Waals surface area contributed by atoms with E-state index < -0.39 is 0 Å². The summed E-state index contributed by atoms with van der Waals surface area (Å²) < 4.78 is 0. The second-order valence-electron chi connectivity index (χ2n) is 6.57. The Morgan fingerprint density at radius 3 is 2.40 bits per heavy atom. The number of nitrogens with zero attached hydrogens (tertiary/aromatic N) is 3. The van der Waals surface area contributed by atoms with Crippen molar-refractivity contribution in [1.82, 2.24) is 14.7 Å². The van der Waals surface area contributed by atoms with Gasteiger partial charge in [0.25, 0.3) is 0 Å². The van der Waals surface area contributed by atoms with Crippen molar-refractivity contribution in [3.05, 3.63) is 0 Å². The third-order valence-electron chi connectivity index (χ3n) is 4.91. The molecule has 118 valence electrons. The molecule has 0 aromatic heterocycles. The summed E-state index contributed by atoms with van der Waals surface area (Å²) in [5.41, 5.74) is 0. The molecule has 4 nitrogen and oxygen atoms in total. The molecule has 20 heavy (non-hydrogen) atoms. The molecule has 0 spiro atoms. The molecule has 2 aliphatic rings. The molecule has 0 aromatic carbocycles. The summed E-state index contributed by atoms with van der Waals surface area (Å²) in [6.45, 7) is 9.18. The molecule has 2 aliphatic heterocycles. The molecule has 2 saturated heterocycles. The molecule has 0 aromatic rings. The van der Waals surface area contributed by atoms with Crippen LogP contribution in [0.25, 0.3) is 0 Å². The van der Waals surface area contributed by atoms with E-state index in [-0.39, 0.29) is 0 Å². The van der Waals surface area contributed by atoms with E-state index in [0.717, 1.165) is 12.5 Å². The molecule has 1 N–H and O–H groups in total. The third-order valence-corrected chi connectivity index (χ3v) is 4.91. The van der Waals surface area contributed by atoms with Crippen molar-refractivity contribution < 1.29 is 5.11 Å². The summed E-state index contributed by atoms with van der Waals surface area (Å²) in [4.78, 5) is 7.83. The van der Waals surface area contributed by atoms with Gasteiger partial charge in [0, 0.05) is 45.4 Å². The maximum Gasteiger partial charge on any atom is 0.0431 e. The van der Waals surface area contributed by atoms with Gasteiger partial charge in [0.15, 0.2) is 0 Å². The molecule has 0 aliphatic carbocycles. The summed E-state index contributed by atoms with van der Waals surface area (Å²) in [5, 5.41) is 8.77. The van der Waals surface area contributed by atoms with E-state index >= 15 is 0 Å². The summed E-state index contributed by atoms with van der Waals surface area (Å²) in [6, 6.07) is 0.806. The van der Waals surface area contributed by atoms with Crippen molar-refractivity contribution in [3.8, 4) is 0 Å². The maximum atomic E-state index is 8.77. The van der Waals surface area contributed by atoms with Crippen LogP contribution in [0.4, 0.5) is 0 Å². The number of rotatable bonds is 7. The summed E-state index contributed by atoms with van der Waals surface area (Å²) in [6.07, 6.45) is 7.49. The Labute approximate surface area is 124 Å². The molecule has 2 heterocycles. The highest BCUT2D eigenvalue weighted by Crippen LogP contribution is 2.17. The quantitative estimate of drug-likeness (QED) is 0.712. The van der Waals surface area contributed by atoms with E-state index in [4.69, 9.17) is 5.11 Å². The smallest absolute Gasteiger partial charge is 0.0431 e. The highest BCUT2D eigenvalue weighted by molar-refractivity contribution is 4.83. The number of piperidine rings is 1. The van der Waals surface area contributed by atoms with Gasteiger partial charge >= 0.3 is 0 Å². The van der Waals surface area contributed by atoms with Gasteiger partial charge in [0.05, 0.1) is 0 Å². The number of hydrogen-bond acceptors (Lipinski definition) is 4. The zero-order valence-corrected chi connectivity index (χ0v) is 13.3. The zero-order chi connectivity index (χ0) is 14.2. The van der Waals surface area contributed by atoms with E-state index in [1.165, 1.54) is 77.9 Å². The van der Waals surface area contributed by atoms with Crippen LogP contribution in [0.5, 0.6) is 0 Å². The van der Waals surface area contributed by atoms with Crippen molar-refractivity contribution in [2.45, 2.75) is 44.6 Å². The van der Waals surface area contributed by atoms with Crippen LogP contribution in [0, 0.1) is 0 Å². The lowest BCUT2D eigenvalue weighted by molar-refractivity contribution is 0.0589. The first kappa shape index (κ1) is 16.2. The standard InChI is InChI=1S/C16H33N3O/c1-17-8-6-7-16(15-17)19-12-10-18(11-13-19)9-4-2-3-5-14-20/h16,20H,2-15H2,1H3/t16-/m0/s1. The molecule has 0 bridgehead atoms. The fourth-order valence-corrected chi connectivity index (χ4v) is 3.59. The molecule has 0 unspecified atom stereocenters. The first-order valence-corrected chi connectivity index (χ1v) is 8.55. The predicted octanol–water partition coefficient (Wildman–Crippen LogP) is 1.25. The Hall–Kier alpha value is -0.160. The van der Waals surface area contributed by atoms with Crippen molar-refractivity contribution >= 4 is 0 Å². The van der Waals surface area contributed by atoms with Crippen LogP contribution in [-0.2, 0) is 0 Å². The zero-order valence-electron chi connectivity index (χ0n) is 13.3. The molecular formula is C16H33N3O. The Morgan fingerprint density at radius 1 is 0.950 bits per heavy atom. The summed E-state index contributed by atoms with van der Waals surface area (Å²) in [5.74, 6) is 0. The number of piperazine rings is 1. The van der Waals surface area contributed by atoms with Crippen LogP contribution in [0.15, 0.2) is 0 Å². The lowest BCUT2D eigenvalue weighted by Gasteiger charge is -2.42. The van der Waals surface area contributed by atoms with Crippen LogP contribution in [-0.4, -0.2) is 85.3 Å². The SMILES string of the molecule is CN1CCC[C@H](N2CCN(CCCCCCO)CC2)C1. The molecule has 2 fully saturated rings. The van der Waals surface area contributed by atoms with Gasteiger partial charge in [-0.1, -0.05) is 12.8 Å².